The van der Waals surface area contributed by atoms with Crippen LogP contribution in [0.1, 0.15) is 36.9 Å². The predicted molar refractivity (Wildman–Crippen MR) is 57.4 cm³/mol. The second kappa shape index (κ2) is 4.64. The molecule has 0 aliphatic heterocycles. The van der Waals surface area contributed by atoms with E-state index >= 15 is 0 Å². The largest absolute Gasteiger partial charge is 0.398 e. The van der Waals surface area contributed by atoms with E-state index in [4.69, 9.17) is 16.7 Å². The summed E-state index contributed by atoms with van der Waals surface area (Å²) in [5.74, 6) is 0. The third kappa shape index (κ3) is 2.24. The van der Waals surface area contributed by atoms with E-state index in [2.05, 4.69) is 13.0 Å². The van der Waals surface area contributed by atoms with E-state index in [1.807, 2.05) is 0 Å². The summed E-state index contributed by atoms with van der Waals surface area (Å²) in [7, 11) is 0. The second-order valence-electron chi connectivity index (χ2n) is 3.35. The van der Waals surface area contributed by atoms with Crippen molar-refractivity contribution in [1.82, 2.24) is 0 Å². The molecule has 0 heterocycles. The quantitative estimate of drug-likeness (QED) is 0.713. The number of anilines is 1. The second-order valence-corrected chi connectivity index (χ2v) is 3.35. The van der Waals surface area contributed by atoms with Crippen molar-refractivity contribution in [3.8, 4) is 6.07 Å². The molecule has 0 fully saturated rings. The van der Waals surface area contributed by atoms with Crippen molar-refractivity contribution in [3.05, 3.63) is 29.3 Å². The van der Waals surface area contributed by atoms with Crippen molar-refractivity contribution in [3.63, 3.8) is 0 Å². The van der Waals surface area contributed by atoms with Crippen LogP contribution in [-0.2, 0) is 0 Å². The normalized spacial score (nSPS) is 12.1. The molecule has 3 heteroatoms. The zero-order valence-corrected chi connectivity index (χ0v) is 8.33. The molecule has 3 nitrogen and oxygen atoms in total. The van der Waals surface area contributed by atoms with Gasteiger partial charge in [0.15, 0.2) is 0 Å². The van der Waals surface area contributed by atoms with Gasteiger partial charge in [-0.1, -0.05) is 13.3 Å². The molecule has 1 rings (SSSR count). The third-order valence-corrected chi connectivity index (χ3v) is 2.22. The van der Waals surface area contributed by atoms with Gasteiger partial charge in [0.2, 0.25) is 0 Å². The topological polar surface area (TPSA) is 75.8 Å². The van der Waals surface area contributed by atoms with Gasteiger partial charge < -0.3 is 11.5 Å². The fraction of sp³-hybridized carbons (Fsp3) is 0.364. The van der Waals surface area contributed by atoms with Crippen LogP contribution in [0.2, 0.25) is 0 Å². The highest BCUT2D eigenvalue weighted by atomic mass is 14.7. The first-order valence-electron chi connectivity index (χ1n) is 4.74. The van der Waals surface area contributed by atoms with Gasteiger partial charge in [-0.25, -0.2) is 0 Å². The summed E-state index contributed by atoms with van der Waals surface area (Å²) in [5.41, 5.74) is 13.9. The van der Waals surface area contributed by atoms with Crippen molar-refractivity contribution in [2.45, 2.75) is 25.8 Å². The van der Waals surface area contributed by atoms with Crippen LogP contribution in [0.15, 0.2) is 18.2 Å². The van der Waals surface area contributed by atoms with Crippen LogP contribution in [0.3, 0.4) is 0 Å². The smallest absolute Gasteiger partial charge is 0.0991 e. The maximum atomic E-state index is 8.73. The molecule has 1 unspecified atom stereocenters. The van der Waals surface area contributed by atoms with E-state index in [9.17, 15) is 0 Å². The number of hydrogen-bond acceptors (Lipinski definition) is 3. The van der Waals surface area contributed by atoms with Crippen LogP contribution in [0, 0.1) is 11.3 Å². The van der Waals surface area contributed by atoms with Gasteiger partial charge in [0.05, 0.1) is 11.6 Å². The maximum absolute atomic E-state index is 8.73. The fourth-order valence-electron chi connectivity index (χ4n) is 1.43. The molecule has 0 amide bonds. The number of nitrogen functional groups attached to an aromatic ring is 1. The molecule has 0 aromatic heterocycles. The molecule has 0 spiro atoms. The molecular formula is C11H15N3. The summed E-state index contributed by atoms with van der Waals surface area (Å²) in [4.78, 5) is 0. The van der Waals surface area contributed by atoms with Crippen molar-refractivity contribution in [1.29, 1.82) is 5.26 Å². The molecule has 0 bridgehead atoms. The van der Waals surface area contributed by atoms with Crippen LogP contribution < -0.4 is 11.5 Å². The van der Waals surface area contributed by atoms with Gasteiger partial charge in [0.25, 0.3) is 0 Å². The molecule has 14 heavy (non-hydrogen) atoms. The summed E-state index contributed by atoms with van der Waals surface area (Å²) >= 11 is 0. The number of nitriles is 1. The van der Waals surface area contributed by atoms with Gasteiger partial charge in [0.1, 0.15) is 0 Å². The Hall–Kier alpha value is -1.53. The molecular weight excluding hydrogens is 174 g/mol. The van der Waals surface area contributed by atoms with Gasteiger partial charge in [-0.3, -0.25) is 0 Å². The van der Waals surface area contributed by atoms with Crippen molar-refractivity contribution >= 4 is 5.69 Å². The van der Waals surface area contributed by atoms with Gasteiger partial charge in [0, 0.05) is 11.7 Å². The first-order valence-corrected chi connectivity index (χ1v) is 4.74. The van der Waals surface area contributed by atoms with Crippen LogP contribution >= 0.6 is 0 Å². The fourth-order valence-corrected chi connectivity index (χ4v) is 1.43. The first kappa shape index (κ1) is 10.6. The van der Waals surface area contributed by atoms with E-state index in [-0.39, 0.29) is 6.04 Å². The van der Waals surface area contributed by atoms with E-state index in [1.54, 1.807) is 18.2 Å². The lowest BCUT2D eigenvalue weighted by Gasteiger charge is -2.13. The number of rotatable bonds is 3. The van der Waals surface area contributed by atoms with E-state index in [1.165, 1.54) is 0 Å². The highest BCUT2D eigenvalue weighted by Crippen LogP contribution is 2.23. The molecule has 4 N–H and O–H groups in total. The predicted octanol–water partition coefficient (Wildman–Crippen LogP) is 1.94. The van der Waals surface area contributed by atoms with Gasteiger partial charge in [-0.15, -0.1) is 0 Å². The Morgan fingerprint density at radius 1 is 1.50 bits per heavy atom. The van der Waals surface area contributed by atoms with E-state index < -0.39 is 0 Å². The number of hydrogen-bond donors (Lipinski definition) is 2. The van der Waals surface area contributed by atoms with Crippen LogP contribution in [0.5, 0.6) is 0 Å². The summed E-state index contributed by atoms with van der Waals surface area (Å²) in [6.07, 6.45) is 1.90. The summed E-state index contributed by atoms with van der Waals surface area (Å²) in [6.45, 7) is 2.07. The number of nitrogens with zero attached hydrogens (tertiary/aromatic N) is 1. The number of nitrogens with two attached hydrogens (primary N) is 2. The summed E-state index contributed by atoms with van der Waals surface area (Å²) in [6, 6.07) is 7.24. The van der Waals surface area contributed by atoms with Crippen LogP contribution in [0.25, 0.3) is 0 Å². The minimum absolute atomic E-state index is 0.0618. The lowest BCUT2D eigenvalue weighted by Crippen LogP contribution is -2.12. The summed E-state index contributed by atoms with van der Waals surface area (Å²) < 4.78 is 0. The standard InChI is InChI=1S/C11H15N3/c1-2-3-10(13)9-6-8(7-12)4-5-11(9)14/h4-6,10H,2-3,13-14H2,1H3. The minimum atomic E-state index is -0.0618. The SMILES string of the molecule is CCCC(N)c1cc(C#N)ccc1N. The van der Waals surface area contributed by atoms with Crippen LogP contribution in [-0.4, -0.2) is 0 Å². The van der Waals surface area contributed by atoms with Crippen molar-refractivity contribution in [2.75, 3.05) is 5.73 Å². The van der Waals surface area contributed by atoms with Crippen molar-refractivity contribution < 1.29 is 0 Å². The Balaban J connectivity index is 3.01. The third-order valence-electron chi connectivity index (χ3n) is 2.22. The average molecular weight is 189 g/mol. The van der Waals surface area contributed by atoms with E-state index in [0.717, 1.165) is 18.4 Å². The Kier molecular flexibility index (Phi) is 3.49. The maximum Gasteiger partial charge on any atom is 0.0991 e. The summed E-state index contributed by atoms with van der Waals surface area (Å²) in [5, 5.41) is 8.73. The lowest BCUT2D eigenvalue weighted by molar-refractivity contribution is 0.640. The highest BCUT2D eigenvalue weighted by molar-refractivity contribution is 5.52. The molecule has 0 radical (unpaired) electrons. The zero-order valence-electron chi connectivity index (χ0n) is 8.33. The molecule has 1 atom stereocenters. The average Bonchev–Trinajstić information content (AvgIpc) is 2.19. The molecule has 1 aromatic rings. The minimum Gasteiger partial charge on any atom is -0.398 e. The monoisotopic (exact) mass is 189 g/mol. The molecule has 0 aliphatic carbocycles. The molecule has 74 valence electrons. The Labute approximate surface area is 84.3 Å². The Morgan fingerprint density at radius 3 is 2.79 bits per heavy atom. The van der Waals surface area contributed by atoms with E-state index in [0.29, 0.717) is 11.3 Å². The molecule has 0 saturated heterocycles. The Morgan fingerprint density at radius 2 is 2.21 bits per heavy atom. The molecule has 0 aliphatic rings. The zero-order chi connectivity index (χ0) is 10.6. The Bertz CT molecular complexity index is 352. The van der Waals surface area contributed by atoms with Gasteiger partial charge in [-0.05, 0) is 30.2 Å². The highest BCUT2D eigenvalue weighted by Gasteiger charge is 2.09. The number of benzene rings is 1. The first-order chi connectivity index (χ1) is 6.69. The van der Waals surface area contributed by atoms with Gasteiger partial charge in [-0.2, -0.15) is 5.26 Å². The van der Waals surface area contributed by atoms with Crippen LogP contribution in [0.4, 0.5) is 5.69 Å². The van der Waals surface area contributed by atoms with Gasteiger partial charge >= 0.3 is 0 Å². The molecule has 0 saturated carbocycles. The lowest BCUT2D eigenvalue weighted by atomic mass is 9.99. The molecule has 1 aromatic carbocycles. The van der Waals surface area contributed by atoms with Crippen molar-refractivity contribution in [2.24, 2.45) is 5.73 Å².